The largest absolute Gasteiger partial charge is 0.497 e. The highest BCUT2D eigenvalue weighted by Gasteiger charge is 2.16. The van der Waals surface area contributed by atoms with Crippen LogP contribution < -0.4 is 10.1 Å². The Hall–Kier alpha value is -2.63. The number of fused-ring (bicyclic) bond motifs is 1. The second-order valence-electron chi connectivity index (χ2n) is 6.36. The van der Waals surface area contributed by atoms with Crippen LogP contribution in [-0.2, 0) is 9.53 Å². The molecule has 1 unspecified atom stereocenters. The van der Waals surface area contributed by atoms with Crippen molar-refractivity contribution in [3.8, 4) is 5.75 Å². The molecule has 0 saturated carbocycles. The van der Waals surface area contributed by atoms with E-state index in [1.54, 1.807) is 26.2 Å². The number of ether oxygens (including phenoxy) is 2. The van der Waals surface area contributed by atoms with E-state index in [-0.39, 0.29) is 18.6 Å². The number of carbonyl (C=O) groups is 2. The molecule has 25 heavy (non-hydrogen) atoms. The Morgan fingerprint density at radius 2 is 1.92 bits per heavy atom. The maximum Gasteiger partial charge on any atom is 0.340 e. The van der Waals surface area contributed by atoms with Crippen molar-refractivity contribution < 1.29 is 19.1 Å². The number of pyridine rings is 1. The third-order valence-corrected chi connectivity index (χ3v) is 4.16. The van der Waals surface area contributed by atoms with Gasteiger partial charge < -0.3 is 14.8 Å². The van der Waals surface area contributed by atoms with E-state index in [4.69, 9.17) is 9.47 Å². The molecule has 1 N–H and O–H groups in total. The fourth-order valence-electron chi connectivity index (χ4n) is 2.26. The quantitative estimate of drug-likeness (QED) is 0.815. The molecular formula is C19H24N2O4. The fraction of sp³-hybridized carbons (Fsp3) is 0.421. The van der Waals surface area contributed by atoms with Gasteiger partial charge >= 0.3 is 5.97 Å². The molecule has 0 radical (unpaired) electrons. The van der Waals surface area contributed by atoms with Crippen LogP contribution in [0.1, 0.15) is 36.8 Å². The molecule has 0 spiro atoms. The van der Waals surface area contributed by atoms with Gasteiger partial charge in [-0.3, -0.25) is 9.78 Å². The number of hydrogen-bond acceptors (Lipinski definition) is 5. The molecule has 1 heterocycles. The van der Waals surface area contributed by atoms with Gasteiger partial charge in [-0.25, -0.2) is 4.79 Å². The lowest BCUT2D eigenvalue weighted by molar-refractivity contribution is -0.125. The number of hydrogen-bond donors (Lipinski definition) is 1. The number of rotatable bonds is 6. The van der Waals surface area contributed by atoms with E-state index in [1.807, 2.05) is 32.9 Å². The Morgan fingerprint density at radius 3 is 2.56 bits per heavy atom. The molecule has 2 rings (SSSR count). The minimum Gasteiger partial charge on any atom is -0.497 e. The summed E-state index contributed by atoms with van der Waals surface area (Å²) in [4.78, 5) is 28.6. The monoisotopic (exact) mass is 344 g/mol. The van der Waals surface area contributed by atoms with Gasteiger partial charge in [0.2, 0.25) is 0 Å². The Kier molecular flexibility index (Phi) is 5.96. The van der Waals surface area contributed by atoms with Crippen molar-refractivity contribution in [1.82, 2.24) is 10.3 Å². The number of aromatic nitrogens is 1. The van der Waals surface area contributed by atoms with Crippen LogP contribution in [0, 0.1) is 12.8 Å². The van der Waals surface area contributed by atoms with Crippen LogP contribution in [0.2, 0.25) is 0 Å². The summed E-state index contributed by atoms with van der Waals surface area (Å²) >= 11 is 0. The first-order valence-corrected chi connectivity index (χ1v) is 8.23. The van der Waals surface area contributed by atoms with Crippen molar-refractivity contribution in [3.05, 3.63) is 35.5 Å². The smallest absolute Gasteiger partial charge is 0.340 e. The summed E-state index contributed by atoms with van der Waals surface area (Å²) in [5.41, 5.74) is 1.66. The number of aryl methyl sites for hydroxylation is 1. The van der Waals surface area contributed by atoms with Gasteiger partial charge in [0.15, 0.2) is 6.61 Å². The van der Waals surface area contributed by atoms with Crippen LogP contribution in [0.3, 0.4) is 0 Å². The Balaban J connectivity index is 2.10. The molecule has 0 saturated heterocycles. The van der Waals surface area contributed by atoms with Crippen LogP contribution in [-0.4, -0.2) is 36.6 Å². The number of nitrogens with zero attached hydrogens (tertiary/aromatic N) is 1. The number of amides is 1. The lowest BCUT2D eigenvalue weighted by Gasteiger charge is -2.17. The third-order valence-electron chi connectivity index (χ3n) is 4.16. The predicted octanol–water partition coefficient (Wildman–Crippen LogP) is 2.87. The van der Waals surface area contributed by atoms with Crippen LogP contribution in [0.25, 0.3) is 10.9 Å². The van der Waals surface area contributed by atoms with Gasteiger partial charge in [0.05, 0.1) is 23.9 Å². The zero-order valence-electron chi connectivity index (χ0n) is 15.3. The van der Waals surface area contributed by atoms with Gasteiger partial charge in [0.1, 0.15) is 5.75 Å². The Bertz CT molecular complexity index is 786. The Morgan fingerprint density at radius 1 is 1.20 bits per heavy atom. The van der Waals surface area contributed by atoms with Crippen molar-refractivity contribution >= 4 is 22.8 Å². The molecule has 0 aliphatic rings. The number of carbonyl (C=O) groups excluding carboxylic acids is 2. The van der Waals surface area contributed by atoms with E-state index in [1.165, 1.54) is 0 Å². The molecule has 0 aliphatic carbocycles. The predicted molar refractivity (Wildman–Crippen MR) is 95.8 cm³/mol. The van der Waals surface area contributed by atoms with Gasteiger partial charge in [0, 0.05) is 11.4 Å². The van der Waals surface area contributed by atoms with Crippen molar-refractivity contribution in [1.29, 1.82) is 0 Å². The van der Waals surface area contributed by atoms with E-state index in [0.29, 0.717) is 22.9 Å². The first-order valence-electron chi connectivity index (χ1n) is 8.23. The van der Waals surface area contributed by atoms with Crippen LogP contribution in [0.15, 0.2) is 24.3 Å². The molecule has 0 bridgehead atoms. The molecule has 134 valence electrons. The standard InChI is InChI=1S/C19H24N2O4/c1-11(2)12(3)21-18(22)10-25-19(23)16-9-14-8-15(24-5)6-7-17(14)20-13(16)4/h6-9,11-12H,10H2,1-5H3,(H,21,22). The lowest BCUT2D eigenvalue weighted by atomic mass is 10.1. The zero-order valence-corrected chi connectivity index (χ0v) is 15.3. The van der Waals surface area contributed by atoms with E-state index in [9.17, 15) is 9.59 Å². The highest BCUT2D eigenvalue weighted by Crippen LogP contribution is 2.22. The normalized spacial score (nSPS) is 12.1. The number of benzene rings is 1. The average molecular weight is 344 g/mol. The second-order valence-corrected chi connectivity index (χ2v) is 6.36. The molecule has 1 aromatic heterocycles. The summed E-state index contributed by atoms with van der Waals surface area (Å²) in [6, 6.07) is 7.17. The van der Waals surface area contributed by atoms with Crippen LogP contribution in [0.4, 0.5) is 0 Å². The summed E-state index contributed by atoms with van der Waals surface area (Å²) in [6.45, 7) is 7.35. The minimum atomic E-state index is -0.568. The molecular weight excluding hydrogens is 320 g/mol. The third kappa shape index (κ3) is 4.68. The van der Waals surface area contributed by atoms with Crippen molar-refractivity contribution in [2.45, 2.75) is 33.7 Å². The first-order chi connectivity index (χ1) is 11.8. The maximum atomic E-state index is 12.3. The molecule has 6 nitrogen and oxygen atoms in total. The van der Waals surface area contributed by atoms with Gasteiger partial charge in [-0.05, 0) is 44.0 Å². The SMILES string of the molecule is COc1ccc2nc(C)c(C(=O)OCC(=O)NC(C)C(C)C)cc2c1. The summed E-state index contributed by atoms with van der Waals surface area (Å²) < 4.78 is 10.3. The molecule has 1 aromatic carbocycles. The number of methoxy groups -OCH3 is 1. The van der Waals surface area contributed by atoms with E-state index in [0.717, 1.165) is 10.9 Å². The van der Waals surface area contributed by atoms with Crippen molar-refractivity contribution in [2.24, 2.45) is 5.92 Å². The van der Waals surface area contributed by atoms with E-state index < -0.39 is 5.97 Å². The minimum absolute atomic E-state index is 0.0164. The molecule has 0 aliphatic heterocycles. The first kappa shape index (κ1) is 18.7. The molecule has 1 atom stereocenters. The summed E-state index contributed by atoms with van der Waals surface area (Å²) in [7, 11) is 1.58. The summed E-state index contributed by atoms with van der Waals surface area (Å²) in [6.07, 6.45) is 0. The van der Waals surface area contributed by atoms with Gasteiger partial charge in [-0.15, -0.1) is 0 Å². The second kappa shape index (κ2) is 7.96. The zero-order chi connectivity index (χ0) is 18.6. The van der Waals surface area contributed by atoms with Crippen molar-refractivity contribution in [3.63, 3.8) is 0 Å². The Labute approximate surface area is 147 Å². The lowest BCUT2D eigenvalue weighted by Crippen LogP contribution is -2.38. The summed E-state index contributed by atoms with van der Waals surface area (Å²) in [5.74, 6) is 0.103. The van der Waals surface area contributed by atoms with Gasteiger partial charge in [-0.2, -0.15) is 0 Å². The molecule has 2 aromatic rings. The fourth-order valence-corrected chi connectivity index (χ4v) is 2.26. The topological polar surface area (TPSA) is 77.5 Å². The highest BCUT2D eigenvalue weighted by molar-refractivity contribution is 5.96. The summed E-state index contributed by atoms with van der Waals surface area (Å²) in [5, 5.41) is 3.57. The van der Waals surface area contributed by atoms with Crippen molar-refractivity contribution in [2.75, 3.05) is 13.7 Å². The van der Waals surface area contributed by atoms with Crippen LogP contribution >= 0.6 is 0 Å². The van der Waals surface area contributed by atoms with Gasteiger partial charge in [-0.1, -0.05) is 13.8 Å². The van der Waals surface area contributed by atoms with Crippen LogP contribution in [0.5, 0.6) is 5.75 Å². The molecule has 1 amide bonds. The maximum absolute atomic E-state index is 12.3. The van der Waals surface area contributed by atoms with Gasteiger partial charge in [0.25, 0.3) is 5.91 Å². The molecule has 0 fully saturated rings. The average Bonchev–Trinajstić information content (AvgIpc) is 2.58. The van der Waals surface area contributed by atoms with E-state index in [2.05, 4.69) is 10.3 Å². The number of esters is 1. The highest BCUT2D eigenvalue weighted by atomic mass is 16.5. The number of nitrogens with one attached hydrogen (secondary N) is 1. The van der Waals surface area contributed by atoms with E-state index >= 15 is 0 Å². The molecule has 6 heteroatoms.